The summed E-state index contributed by atoms with van der Waals surface area (Å²) in [4.78, 5) is 7.61. The Bertz CT molecular complexity index is 243. The zero-order valence-electron chi connectivity index (χ0n) is 12.9. The minimum atomic E-state index is 0.806. The van der Waals surface area contributed by atoms with Crippen LogP contribution in [0.1, 0.15) is 25.7 Å². The first-order valence-corrected chi connectivity index (χ1v) is 8.00. The molecule has 4 nitrogen and oxygen atoms in total. The smallest absolute Gasteiger partial charge is 0.0117 e. The first-order valence-electron chi connectivity index (χ1n) is 8.00. The quantitative estimate of drug-likeness (QED) is 0.795. The van der Waals surface area contributed by atoms with Crippen LogP contribution in [0.4, 0.5) is 0 Å². The molecule has 0 atom stereocenters. The van der Waals surface area contributed by atoms with Gasteiger partial charge in [-0.05, 0) is 71.9 Å². The van der Waals surface area contributed by atoms with Gasteiger partial charge in [0.1, 0.15) is 0 Å². The molecule has 2 heterocycles. The van der Waals surface area contributed by atoms with E-state index in [0.29, 0.717) is 0 Å². The minimum Gasteiger partial charge on any atom is -0.329 e. The summed E-state index contributed by atoms with van der Waals surface area (Å²) in [5.41, 5.74) is 5.63. The average molecular weight is 268 g/mol. The van der Waals surface area contributed by atoms with Gasteiger partial charge in [0.25, 0.3) is 0 Å². The molecular weight excluding hydrogens is 236 g/mol. The third-order valence-corrected chi connectivity index (χ3v) is 5.01. The monoisotopic (exact) mass is 268 g/mol. The molecule has 2 aliphatic rings. The van der Waals surface area contributed by atoms with Crippen LogP contribution in [-0.2, 0) is 0 Å². The van der Waals surface area contributed by atoms with Crippen LogP contribution in [0.25, 0.3) is 0 Å². The highest BCUT2D eigenvalue weighted by atomic mass is 15.2. The summed E-state index contributed by atoms with van der Waals surface area (Å²) < 4.78 is 0. The molecule has 2 N–H and O–H groups in total. The summed E-state index contributed by atoms with van der Waals surface area (Å²) in [6.07, 6.45) is 5.41. The van der Waals surface area contributed by atoms with E-state index in [1.165, 1.54) is 58.4 Å². The van der Waals surface area contributed by atoms with E-state index in [2.05, 4.69) is 28.8 Å². The van der Waals surface area contributed by atoms with Gasteiger partial charge >= 0.3 is 0 Å². The van der Waals surface area contributed by atoms with E-state index in [9.17, 15) is 0 Å². The van der Waals surface area contributed by atoms with Crippen molar-refractivity contribution in [3.05, 3.63) is 0 Å². The van der Waals surface area contributed by atoms with Crippen LogP contribution in [0.15, 0.2) is 0 Å². The molecular formula is C15H32N4. The molecule has 2 aliphatic heterocycles. The van der Waals surface area contributed by atoms with Crippen LogP contribution in [0.3, 0.4) is 0 Å². The number of hydrogen-bond acceptors (Lipinski definition) is 4. The van der Waals surface area contributed by atoms with Gasteiger partial charge in [-0.15, -0.1) is 0 Å². The van der Waals surface area contributed by atoms with Crippen LogP contribution in [0, 0.1) is 5.92 Å². The maximum atomic E-state index is 5.63. The molecule has 0 bridgehead atoms. The van der Waals surface area contributed by atoms with Gasteiger partial charge in [-0.1, -0.05) is 0 Å². The van der Waals surface area contributed by atoms with E-state index in [4.69, 9.17) is 5.73 Å². The molecule has 2 saturated heterocycles. The van der Waals surface area contributed by atoms with E-state index in [1.807, 2.05) is 0 Å². The van der Waals surface area contributed by atoms with E-state index in [-0.39, 0.29) is 0 Å². The first kappa shape index (κ1) is 15.2. The highest BCUT2D eigenvalue weighted by molar-refractivity contribution is 4.80. The lowest BCUT2D eigenvalue weighted by Crippen LogP contribution is -2.45. The predicted molar refractivity (Wildman–Crippen MR) is 81.4 cm³/mol. The van der Waals surface area contributed by atoms with Gasteiger partial charge in [-0.25, -0.2) is 0 Å². The lowest BCUT2D eigenvalue weighted by molar-refractivity contribution is 0.104. The minimum absolute atomic E-state index is 0.806. The van der Waals surface area contributed by atoms with Crippen molar-refractivity contribution in [1.82, 2.24) is 14.7 Å². The molecule has 4 heteroatoms. The zero-order chi connectivity index (χ0) is 13.7. The summed E-state index contributed by atoms with van der Waals surface area (Å²) in [5, 5.41) is 0. The molecule has 0 amide bonds. The van der Waals surface area contributed by atoms with Crippen molar-refractivity contribution in [2.24, 2.45) is 11.7 Å². The molecule has 0 aromatic carbocycles. The Morgan fingerprint density at radius 3 is 2.26 bits per heavy atom. The molecule has 0 aromatic heterocycles. The van der Waals surface area contributed by atoms with Crippen molar-refractivity contribution in [3.8, 4) is 0 Å². The van der Waals surface area contributed by atoms with Gasteiger partial charge in [-0.2, -0.15) is 0 Å². The van der Waals surface area contributed by atoms with Gasteiger partial charge in [-0.3, -0.25) is 0 Å². The number of rotatable bonds is 5. The summed E-state index contributed by atoms with van der Waals surface area (Å²) in [6.45, 7) is 8.22. The van der Waals surface area contributed by atoms with Gasteiger partial charge in [0.15, 0.2) is 0 Å². The summed E-state index contributed by atoms with van der Waals surface area (Å²) in [6, 6.07) is 0.818. The highest BCUT2D eigenvalue weighted by Gasteiger charge is 2.24. The van der Waals surface area contributed by atoms with E-state index in [1.54, 1.807) is 0 Å². The number of nitrogens with two attached hydrogens (primary N) is 1. The van der Waals surface area contributed by atoms with Crippen LogP contribution in [-0.4, -0.2) is 80.7 Å². The molecule has 0 saturated carbocycles. The number of hydrogen-bond donors (Lipinski definition) is 1. The highest BCUT2D eigenvalue weighted by Crippen LogP contribution is 2.21. The summed E-state index contributed by atoms with van der Waals surface area (Å²) >= 11 is 0. The lowest BCUT2D eigenvalue weighted by Gasteiger charge is -2.39. The summed E-state index contributed by atoms with van der Waals surface area (Å²) in [7, 11) is 4.58. The van der Waals surface area contributed by atoms with Crippen molar-refractivity contribution in [3.63, 3.8) is 0 Å². The van der Waals surface area contributed by atoms with Crippen molar-refractivity contribution < 1.29 is 0 Å². The Balaban J connectivity index is 1.67. The molecule has 2 fully saturated rings. The number of nitrogens with zero attached hydrogens (tertiary/aromatic N) is 3. The number of piperidine rings is 2. The SMILES string of the molecule is CN1CCC(N(C)CC2CCN(CCN)CC2)CC1. The second kappa shape index (κ2) is 7.58. The van der Waals surface area contributed by atoms with E-state index >= 15 is 0 Å². The average Bonchev–Trinajstić information content (AvgIpc) is 2.42. The van der Waals surface area contributed by atoms with Gasteiger partial charge in [0.05, 0.1) is 0 Å². The standard InChI is InChI=1S/C15H32N4/c1-17-8-5-15(6-9-17)18(2)13-14-3-10-19(11-4-14)12-7-16/h14-15H,3-13,16H2,1-2H3. The molecule has 0 aliphatic carbocycles. The molecule has 19 heavy (non-hydrogen) atoms. The lowest BCUT2D eigenvalue weighted by atomic mass is 9.94. The zero-order valence-corrected chi connectivity index (χ0v) is 12.9. The Morgan fingerprint density at radius 1 is 1.05 bits per heavy atom. The van der Waals surface area contributed by atoms with Crippen LogP contribution in [0.2, 0.25) is 0 Å². The topological polar surface area (TPSA) is 35.7 Å². The molecule has 0 spiro atoms. The van der Waals surface area contributed by atoms with Gasteiger partial charge in [0, 0.05) is 25.7 Å². The van der Waals surface area contributed by atoms with Crippen molar-refractivity contribution in [2.45, 2.75) is 31.7 Å². The van der Waals surface area contributed by atoms with E-state index in [0.717, 1.165) is 25.0 Å². The first-order chi connectivity index (χ1) is 9.19. The fraction of sp³-hybridized carbons (Fsp3) is 1.00. The van der Waals surface area contributed by atoms with Crippen molar-refractivity contribution in [1.29, 1.82) is 0 Å². The third kappa shape index (κ3) is 4.71. The van der Waals surface area contributed by atoms with Crippen molar-refractivity contribution in [2.75, 3.05) is 59.9 Å². The Morgan fingerprint density at radius 2 is 1.68 bits per heavy atom. The van der Waals surface area contributed by atoms with Crippen LogP contribution in [0.5, 0.6) is 0 Å². The second-order valence-corrected chi connectivity index (χ2v) is 6.55. The van der Waals surface area contributed by atoms with Crippen molar-refractivity contribution >= 4 is 0 Å². The van der Waals surface area contributed by atoms with Gasteiger partial charge in [0.2, 0.25) is 0 Å². The van der Waals surface area contributed by atoms with E-state index < -0.39 is 0 Å². The Hall–Kier alpha value is -0.160. The van der Waals surface area contributed by atoms with Crippen LogP contribution >= 0.6 is 0 Å². The normalized spacial score (nSPS) is 25.3. The third-order valence-electron chi connectivity index (χ3n) is 5.01. The molecule has 0 radical (unpaired) electrons. The largest absolute Gasteiger partial charge is 0.329 e. The second-order valence-electron chi connectivity index (χ2n) is 6.55. The number of likely N-dealkylation sites (tertiary alicyclic amines) is 2. The maximum Gasteiger partial charge on any atom is 0.0117 e. The van der Waals surface area contributed by atoms with Crippen LogP contribution < -0.4 is 5.73 Å². The molecule has 112 valence electrons. The summed E-state index contributed by atoms with van der Waals surface area (Å²) in [5.74, 6) is 0.902. The Kier molecular flexibility index (Phi) is 6.07. The fourth-order valence-electron chi connectivity index (χ4n) is 3.57. The fourth-order valence-corrected chi connectivity index (χ4v) is 3.57. The molecule has 0 aromatic rings. The molecule has 0 unspecified atom stereocenters. The predicted octanol–water partition coefficient (Wildman–Crippen LogP) is 0.683. The van der Waals surface area contributed by atoms with Gasteiger partial charge < -0.3 is 20.4 Å². The maximum absolute atomic E-state index is 5.63. The Labute approximate surface area is 118 Å². The molecule has 2 rings (SSSR count).